The number of Topliss-reactive ketones (excluding diaryl/α,β-unsaturated/α-hetero) is 1. The minimum absolute atomic E-state index is 0.0406. The van der Waals surface area contributed by atoms with Crippen LogP contribution >= 0.6 is 0 Å². The third-order valence-electron chi connectivity index (χ3n) is 5.69. The minimum Gasteiger partial charge on any atom is -0.481 e. The predicted octanol–water partition coefficient (Wildman–Crippen LogP) is 2.88. The van der Waals surface area contributed by atoms with Crippen molar-refractivity contribution in [2.45, 2.75) is 51.9 Å². The molecule has 4 fully saturated rings. The molecule has 3 heteroatoms. The first-order chi connectivity index (χ1) is 8.48. The number of carboxylic acids is 1. The first-order valence-corrected chi connectivity index (χ1v) is 7.21. The number of carbonyl (C=O) groups is 2. The molecule has 3 nitrogen and oxygen atoms in total. The van der Waals surface area contributed by atoms with Crippen LogP contribution in [0.1, 0.15) is 51.9 Å². The Morgan fingerprint density at radius 2 is 1.56 bits per heavy atom. The summed E-state index contributed by atoms with van der Waals surface area (Å²) in [6.07, 6.45) is 7.36. The van der Waals surface area contributed by atoms with Gasteiger partial charge >= 0.3 is 5.97 Å². The Morgan fingerprint density at radius 1 is 1.11 bits per heavy atom. The normalized spacial score (nSPS) is 42.8. The van der Waals surface area contributed by atoms with Crippen LogP contribution in [-0.4, -0.2) is 16.9 Å². The van der Waals surface area contributed by atoms with E-state index in [4.69, 9.17) is 5.11 Å². The summed E-state index contributed by atoms with van der Waals surface area (Å²) in [6.45, 7) is 1.59. The summed E-state index contributed by atoms with van der Waals surface area (Å²) in [5.41, 5.74) is 0.0406. The number of hydrogen-bond donors (Lipinski definition) is 1. The molecule has 1 unspecified atom stereocenters. The highest BCUT2D eigenvalue weighted by Crippen LogP contribution is 2.63. The number of carbonyl (C=O) groups excluding carboxylic acids is 1. The zero-order chi connectivity index (χ0) is 12.9. The fourth-order valence-corrected chi connectivity index (χ4v) is 5.57. The van der Waals surface area contributed by atoms with E-state index in [1.807, 2.05) is 0 Å². The van der Waals surface area contributed by atoms with Crippen LogP contribution in [0.2, 0.25) is 0 Å². The number of rotatable bonds is 4. The van der Waals surface area contributed by atoms with Crippen LogP contribution in [0.25, 0.3) is 0 Å². The monoisotopic (exact) mass is 250 g/mol. The molecule has 0 amide bonds. The molecule has 4 aliphatic carbocycles. The highest BCUT2D eigenvalue weighted by molar-refractivity contribution is 5.83. The molecule has 4 bridgehead atoms. The van der Waals surface area contributed by atoms with Crippen LogP contribution in [0.15, 0.2) is 0 Å². The van der Waals surface area contributed by atoms with Gasteiger partial charge in [0.25, 0.3) is 0 Å². The van der Waals surface area contributed by atoms with Crippen LogP contribution in [0.5, 0.6) is 0 Å². The lowest BCUT2D eigenvalue weighted by Crippen LogP contribution is -2.51. The summed E-state index contributed by atoms with van der Waals surface area (Å²) in [7, 11) is 0. The Balaban J connectivity index is 1.88. The molecule has 18 heavy (non-hydrogen) atoms. The first kappa shape index (κ1) is 12.2. The van der Waals surface area contributed by atoms with Crippen molar-refractivity contribution in [3.05, 3.63) is 0 Å². The molecule has 0 aromatic heterocycles. The fourth-order valence-electron chi connectivity index (χ4n) is 5.57. The van der Waals surface area contributed by atoms with Crippen molar-refractivity contribution in [3.8, 4) is 0 Å². The molecule has 1 N–H and O–H groups in total. The van der Waals surface area contributed by atoms with Gasteiger partial charge in [0, 0.05) is 5.92 Å². The molecule has 0 radical (unpaired) electrons. The van der Waals surface area contributed by atoms with Gasteiger partial charge in [-0.05, 0) is 68.6 Å². The Hall–Kier alpha value is -0.860. The maximum absolute atomic E-state index is 11.9. The standard InChI is InChI=1S/C15H22O3/c1-9(16)13(5-14(17)18)15-6-10-2-11(7-15)4-12(3-10)8-15/h10-13H,2-8H2,1H3,(H,17,18). The lowest BCUT2D eigenvalue weighted by molar-refractivity contribution is -0.150. The van der Waals surface area contributed by atoms with Crippen molar-refractivity contribution >= 4 is 11.8 Å². The van der Waals surface area contributed by atoms with Gasteiger partial charge in [0.05, 0.1) is 6.42 Å². The zero-order valence-corrected chi connectivity index (χ0v) is 11.0. The van der Waals surface area contributed by atoms with Gasteiger partial charge in [0.1, 0.15) is 5.78 Å². The number of hydrogen-bond acceptors (Lipinski definition) is 2. The Kier molecular flexibility index (Phi) is 2.76. The van der Waals surface area contributed by atoms with Crippen LogP contribution in [0, 0.1) is 29.1 Å². The second-order valence-electron chi connectivity index (χ2n) is 7.04. The van der Waals surface area contributed by atoms with E-state index in [9.17, 15) is 9.59 Å². The van der Waals surface area contributed by atoms with Gasteiger partial charge < -0.3 is 5.11 Å². The van der Waals surface area contributed by atoms with Gasteiger partial charge in [-0.15, -0.1) is 0 Å². The van der Waals surface area contributed by atoms with Crippen LogP contribution in [0.4, 0.5) is 0 Å². The Bertz CT molecular complexity index is 350. The smallest absolute Gasteiger partial charge is 0.304 e. The van der Waals surface area contributed by atoms with E-state index in [0.717, 1.165) is 37.0 Å². The molecule has 4 rings (SSSR count). The maximum Gasteiger partial charge on any atom is 0.304 e. The summed E-state index contributed by atoms with van der Waals surface area (Å²) in [6, 6.07) is 0. The highest BCUT2D eigenvalue weighted by Gasteiger charge is 2.55. The second-order valence-corrected chi connectivity index (χ2v) is 7.04. The molecular formula is C15H22O3. The average Bonchev–Trinajstić information content (AvgIpc) is 2.23. The van der Waals surface area contributed by atoms with Gasteiger partial charge in [0.15, 0.2) is 0 Å². The van der Waals surface area contributed by atoms with Crippen LogP contribution in [-0.2, 0) is 9.59 Å². The van der Waals surface area contributed by atoms with E-state index in [1.54, 1.807) is 6.92 Å². The maximum atomic E-state index is 11.9. The average molecular weight is 250 g/mol. The van der Waals surface area contributed by atoms with Crippen molar-refractivity contribution in [1.82, 2.24) is 0 Å². The summed E-state index contributed by atoms with van der Waals surface area (Å²) >= 11 is 0. The SMILES string of the molecule is CC(=O)C(CC(=O)O)C12CC3CC(CC(C3)C1)C2. The lowest BCUT2D eigenvalue weighted by atomic mass is 9.46. The van der Waals surface area contributed by atoms with E-state index in [-0.39, 0.29) is 23.5 Å². The van der Waals surface area contributed by atoms with E-state index >= 15 is 0 Å². The van der Waals surface area contributed by atoms with Gasteiger partial charge in [0.2, 0.25) is 0 Å². The molecule has 0 saturated heterocycles. The molecule has 100 valence electrons. The van der Waals surface area contributed by atoms with E-state index in [1.165, 1.54) is 19.3 Å². The van der Waals surface area contributed by atoms with Gasteiger partial charge in [-0.2, -0.15) is 0 Å². The van der Waals surface area contributed by atoms with Crippen molar-refractivity contribution in [2.24, 2.45) is 29.1 Å². The van der Waals surface area contributed by atoms with Crippen molar-refractivity contribution in [1.29, 1.82) is 0 Å². The highest BCUT2D eigenvalue weighted by atomic mass is 16.4. The number of aliphatic carboxylic acids is 1. The van der Waals surface area contributed by atoms with E-state index in [0.29, 0.717) is 0 Å². The van der Waals surface area contributed by atoms with Crippen molar-refractivity contribution in [2.75, 3.05) is 0 Å². The molecule has 0 aliphatic heterocycles. The summed E-state index contributed by atoms with van der Waals surface area (Å²) in [4.78, 5) is 23.0. The number of carboxylic acid groups (broad SMARTS) is 1. The zero-order valence-electron chi connectivity index (χ0n) is 11.0. The molecule has 0 spiro atoms. The minimum atomic E-state index is -0.814. The largest absolute Gasteiger partial charge is 0.481 e. The fraction of sp³-hybridized carbons (Fsp3) is 0.867. The molecule has 0 heterocycles. The third kappa shape index (κ3) is 1.88. The molecule has 4 aliphatic rings. The summed E-state index contributed by atoms with van der Waals surface area (Å²) in [5.74, 6) is 1.36. The topological polar surface area (TPSA) is 54.4 Å². The van der Waals surface area contributed by atoms with Crippen molar-refractivity contribution < 1.29 is 14.7 Å². The Morgan fingerprint density at radius 3 is 1.89 bits per heavy atom. The van der Waals surface area contributed by atoms with Crippen LogP contribution < -0.4 is 0 Å². The second kappa shape index (κ2) is 4.07. The lowest BCUT2D eigenvalue weighted by Gasteiger charge is -2.59. The van der Waals surface area contributed by atoms with Crippen LogP contribution in [0.3, 0.4) is 0 Å². The first-order valence-electron chi connectivity index (χ1n) is 7.21. The molecule has 0 aromatic carbocycles. The van der Waals surface area contributed by atoms with E-state index < -0.39 is 5.97 Å². The van der Waals surface area contributed by atoms with E-state index in [2.05, 4.69) is 0 Å². The molecule has 0 aromatic rings. The van der Waals surface area contributed by atoms with Gasteiger partial charge in [-0.3, -0.25) is 9.59 Å². The van der Waals surface area contributed by atoms with Gasteiger partial charge in [-0.25, -0.2) is 0 Å². The number of ketones is 1. The molecule has 4 saturated carbocycles. The Labute approximate surface area is 108 Å². The third-order valence-corrected chi connectivity index (χ3v) is 5.69. The quantitative estimate of drug-likeness (QED) is 0.834. The van der Waals surface area contributed by atoms with Gasteiger partial charge in [-0.1, -0.05) is 0 Å². The van der Waals surface area contributed by atoms with Crippen molar-refractivity contribution in [3.63, 3.8) is 0 Å². The predicted molar refractivity (Wildman–Crippen MR) is 67.0 cm³/mol. The summed E-state index contributed by atoms with van der Waals surface area (Å²) < 4.78 is 0. The summed E-state index contributed by atoms with van der Waals surface area (Å²) in [5, 5.41) is 9.08. The molecule has 1 atom stereocenters. The molecular weight excluding hydrogens is 228 g/mol.